The van der Waals surface area contributed by atoms with E-state index in [4.69, 9.17) is 4.74 Å². The van der Waals surface area contributed by atoms with Gasteiger partial charge in [-0.05, 0) is 31.5 Å². The van der Waals surface area contributed by atoms with Gasteiger partial charge >= 0.3 is 6.18 Å². The van der Waals surface area contributed by atoms with Crippen LogP contribution in [0.1, 0.15) is 43.9 Å². The molecule has 1 unspecified atom stereocenters. The van der Waals surface area contributed by atoms with Crippen molar-refractivity contribution < 1.29 is 17.9 Å². The number of halogens is 3. The minimum atomic E-state index is -4.24. The molecule has 0 aliphatic heterocycles. The van der Waals surface area contributed by atoms with Crippen molar-refractivity contribution in [3.8, 4) is 28.3 Å². The standard InChI is InChI=1S/C24H27F3N6O/c1-14(2)20-21(17-8-6-16(7-9-17)15(3)32(4)12-24(25,26)27)30-31-22(20)18-10-19(34-5)23-28-13-29-33(23)11-18/h6-11,13-15H,12H2,1-5H3,(H,30,31). The zero-order valence-electron chi connectivity index (χ0n) is 19.7. The second-order valence-electron chi connectivity index (χ2n) is 8.67. The number of hydrogen-bond acceptors (Lipinski definition) is 5. The molecule has 3 heterocycles. The molecule has 1 aromatic carbocycles. The minimum Gasteiger partial charge on any atom is -0.493 e. The van der Waals surface area contributed by atoms with Crippen LogP contribution in [0.5, 0.6) is 5.75 Å². The molecule has 0 saturated carbocycles. The van der Waals surface area contributed by atoms with Crippen molar-refractivity contribution in [3.63, 3.8) is 0 Å². The van der Waals surface area contributed by atoms with Crippen LogP contribution in [0.25, 0.3) is 28.2 Å². The fourth-order valence-corrected chi connectivity index (χ4v) is 4.13. The highest BCUT2D eigenvalue weighted by molar-refractivity contribution is 5.76. The predicted molar refractivity (Wildman–Crippen MR) is 124 cm³/mol. The van der Waals surface area contributed by atoms with Crippen molar-refractivity contribution in [1.82, 2.24) is 29.7 Å². The highest BCUT2D eigenvalue weighted by atomic mass is 19.4. The van der Waals surface area contributed by atoms with Crippen LogP contribution in [0.15, 0.2) is 42.9 Å². The summed E-state index contributed by atoms with van der Waals surface area (Å²) in [6.45, 7) is 4.98. The Kier molecular flexibility index (Phi) is 6.35. The fraction of sp³-hybridized carbons (Fsp3) is 0.375. The largest absolute Gasteiger partial charge is 0.493 e. The zero-order valence-corrected chi connectivity index (χ0v) is 19.7. The lowest BCUT2D eigenvalue weighted by molar-refractivity contribution is -0.147. The summed E-state index contributed by atoms with van der Waals surface area (Å²) in [5.41, 5.74) is 5.84. The Morgan fingerprint density at radius 1 is 1.12 bits per heavy atom. The van der Waals surface area contributed by atoms with Crippen molar-refractivity contribution in [2.45, 2.75) is 38.9 Å². The summed E-state index contributed by atoms with van der Waals surface area (Å²) in [6, 6.07) is 9.04. The van der Waals surface area contributed by atoms with E-state index in [9.17, 15) is 13.2 Å². The third kappa shape index (κ3) is 4.63. The molecule has 0 radical (unpaired) electrons. The Bertz CT molecular complexity index is 1280. The maximum Gasteiger partial charge on any atom is 0.401 e. The molecule has 1 N–H and O–H groups in total. The van der Waals surface area contributed by atoms with Crippen LogP contribution < -0.4 is 4.74 Å². The molecule has 0 fully saturated rings. The van der Waals surface area contributed by atoms with Gasteiger partial charge < -0.3 is 4.74 Å². The number of alkyl halides is 3. The Hall–Kier alpha value is -3.40. The maximum atomic E-state index is 12.8. The van der Waals surface area contributed by atoms with Gasteiger partial charge in [0, 0.05) is 28.9 Å². The highest BCUT2D eigenvalue weighted by Crippen LogP contribution is 2.37. The number of rotatable bonds is 7. The number of ether oxygens (including phenoxy) is 1. The number of aromatic nitrogens is 5. The molecule has 0 spiro atoms. The zero-order chi connectivity index (χ0) is 24.6. The van der Waals surface area contributed by atoms with E-state index < -0.39 is 12.7 Å². The first-order chi connectivity index (χ1) is 16.1. The van der Waals surface area contributed by atoms with Gasteiger partial charge in [-0.15, -0.1) is 0 Å². The second-order valence-corrected chi connectivity index (χ2v) is 8.67. The van der Waals surface area contributed by atoms with Gasteiger partial charge in [-0.3, -0.25) is 10.00 Å². The van der Waals surface area contributed by atoms with E-state index in [1.807, 2.05) is 36.5 Å². The number of aromatic amines is 1. The molecule has 0 aliphatic rings. The first kappa shape index (κ1) is 23.7. The lowest BCUT2D eigenvalue weighted by atomic mass is 9.93. The monoisotopic (exact) mass is 472 g/mol. The predicted octanol–water partition coefficient (Wildman–Crippen LogP) is 5.47. The quantitative estimate of drug-likeness (QED) is 0.386. The number of nitrogens with one attached hydrogen (secondary N) is 1. The first-order valence-corrected chi connectivity index (χ1v) is 10.9. The van der Waals surface area contributed by atoms with E-state index in [1.54, 1.807) is 18.5 Å². The lowest BCUT2D eigenvalue weighted by Crippen LogP contribution is -2.33. The van der Waals surface area contributed by atoms with Crippen LogP contribution in [0.3, 0.4) is 0 Å². The SMILES string of the molecule is COc1cc(-c2[nH]nc(-c3ccc(C(C)N(C)CC(F)(F)F)cc3)c2C(C)C)cn2ncnc12. The molecule has 4 rings (SSSR count). The number of hydrogen-bond donors (Lipinski definition) is 1. The molecule has 1 atom stereocenters. The minimum absolute atomic E-state index is 0.151. The van der Waals surface area contributed by atoms with Crippen LogP contribution in [0.2, 0.25) is 0 Å². The summed E-state index contributed by atoms with van der Waals surface area (Å²) >= 11 is 0. The molecule has 0 amide bonds. The van der Waals surface area contributed by atoms with Gasteiger partial charge in [0.05, 0.1) is 25.0 Å². The Morgan fingerprint density at radius 3 is 2.44 bits per heavy atom. The molecule has 7 nitrogen and oxygen atoms in total. The van der Waals surface area contributed by atoms with Crippen LogP contribution >= 0.6 is 0 Å². The van der Waals surface area contributed by atoms with Crippen molar-refractivity contribution in [2.24, 2.45) is 0 Å². The highest BCUT2D eigenvalue weighted by Gasteiger charge is 2.31. The molecule has 10 heteroatoms. The van der Waals surface area contributed by atoms with Crippen molar-refractivity contribution in [1.29, 1.82) is 0 Å². The topological polar surface area (TPSA) is 71.3 Å². The van der Waals surface area contributed by atoms with Gasteiger partial charge in [-0.1, -0.05) is 38.1 Å². The van der Waals surface area contributed by atoms with E-state index in [0.717, 1.165) is 33.6 Å². The van der Waals surface area contributed by atoms with Crippen molar-refractivity contribution in [3.05, 3.63) is 54.0 Å². The number of benzene rings is 1. The average Bonchev–Trinajstić information content (AvgIpc) is 3.44. The molecular weight excluding hydrogens is 445 g/mol. The fourth-order valence-electron chi connectivity index (χ4n) is 4.13. The molecule has 0 saturated heterocycles. The third-order valence-corrected chi connectivity index (χ3v) is 5.99. The van der Waals surface area contributed by atoms with Crippen molar-refractivity contribution >= 4 is 5.65 Å². The Balaban J connectivity index is 1.69. The summed E-state index contributed by atoms with van der Waals surface area (Å²) in [5, 5.41) is 12.0. The molecular formula is C24H27F3N6O. The summed E-state index contributed by atoms with van der Waals surface area (Å²) in [5.74, 6) is 0.750. The number of pyridine rings is 1. The second kappa shape index (κ2) is 9.09. The lowest BCUT2D eigenvalue weighted by Gasteiger charge is -2.26. The number of fused-ring (bicyclic) bond motifs is 1. The Labute approximate surface area is 195 Å². The van der Waals surface area contributed by atoms with Gasteiger partial charge in [0.25, 0.3) is 0 Å². The van der Waals surface area contributed by atoms with Crippen molar-refractivity contribution in [2.75, 3.05) is 20.7 Å². The van der Waals surface area contributed by atoms with E-state index in [0.29, 0.717) is 11.4 Å². The van der Waals surface area contributed by atoms with Gasteiger partial charge in [-0.25, -0.2) is 9.50 Å². The van der Waals surface area contributed by atoms with Gasteiger partial charge in [0.2, 0.25) is 0 Å². The number of nitrogens with zero attached hydrogens (tertiary/aromatic N) is 5. The van der Waals surface area contributed by atoms with Crippen LogP contribution in [0, 0.1) is 0 Å². The molecule has 3 aromatic heterocycles. The molecule has 0 bridgehead atoms. The molecule has 180 valence electrons. The average molecular weight is 473 g/mol. The van der Waals surface area contributed by atoms with Gasteiger partial charge in [0.15, 0.2) is 11.4 Å². The Morgan fingerprint density at radius 2 is 1.82 bits per heavy atom. The van der Waals surface area contributed by atoms with E-state index in [2.05, 4.69) is 34.1 Å². The first-order valence-electron chi connectivity index (χ1n) is 10.9. The smallest absolute Gasteiger partial charge is 0.401 e. The third-order valence-electron chi connectivity index (χ3n) is 5.99. The molecule has 4 aromatic rings. The summed E-state index contributed by atoms with van der Waals surface area (Å²) < 4.78 is 45.5. The van der Waals surface area contributed by atoms with E-state index >= 15 is 0 Å². The van der Waals surface area contributed by atoms with E-state index in [-0.39, 0.29) is 12.0 Å². The summed E-state index contributed by atoms with van der Waals surface area (Å²) in [4.78, 5) is 5.51. The number of methoxy groups -OCH3 is 1. The van der Waals surface area contributed by atoms with Gasteiger partial charge in [0.1, 0.15) is 6.33 Å². The van der Waals surface area contributed by atoms with Gasteiger partial charge in [-0.2, -0.15) is 23.4 Å². The van der Waals surface area contributed by atoms with E-state index in [1.165, 1.54) is 18.3 Å². The number of H-pyrrole nitrogens is 1. The van der Waals surface area contributed by atoms with Crippen LogP contribution in [-0.2, 0) is 0 Å². The maximum absolute atomic E-state index is 12.8. The van der Waals surface area contributed by atoms with Crippen LogP contribution in [0.4, 0.5) is 13.2 Å². The molecule has 34 heavy (non-hydrogen) atoms. The summed E-state index contributed by atoms with van der Waals surface area (Å²) in [6.07, 6.45) is -0.897. The summed E-state index contributed by atoms with van der Waals surface area (Å²) in [7, 11) is 3.06. The molecule has 0 aliphatic carbocycles. The van der Waals surface area contributed by atoms with Crippen LogP contribution in [-0.4, -0.2) is 56.6 Å². The normalized spacial score (nSPS) is 13.2.